The van der Waals surface area contributed by atoms with Crippen molar-refractivity contribution in [3.8, 4) is 0 Å². The van der Waals surface area contributed by atoms with Gasteiger partial charge < -0.3 is 10.2 Å². The molecule has 28 heavy (non-hydrogen) atoms. The predicted molar refractivity (Wildman–Crippen MR) is 110 cm³/mol. The highest BCUT2D eigenvalue weighted by molar-refractivity contribution is 5.94. The summed E-state index contributed by atoms with van der Waals surface area (Å²) in [5.41, 5.74) is 3.05. The molecule has 0 aliphatic carbocycles. The van der Waals surface area contributed by atoms with Crippen LogP contribution >= 0.6 is 0 Å². The molecule has 0 spiro atoms. The molecule has 1 amide bonds. The van der Waals surface area contributed by atoms with Crippen LogP contribution in [-0.4, -0.2) is 49.6 Å². The number of carbonyl (C=O) groups excluding carboxylic acids is 1. The van der Waals surface area contributed by atoms with Gasteiger partial charge in [0.05, 0.1) is 0 Å². The van der Waals surface area contributed by atoms with Gasteiger partial charge in [-0.2, -0.15) is 0 Å². The molecule has 2 saturated heterocycles. The average molecular weight is 381 g/mol. The fraction of sp³-hybridized carbons (Fsp3) is 0.435. The fourth-order valence-corrected chi connectivity index (χ4v) is 4.56. The van der Waals surface area contributed by atoms with Gasteiger partial charge in [0.2, 0.25) is 0 Å². The Hall–Kier alpha value is -2.40. The number of para-hydroxylation sites is 1. The molecule has 4 nitrogen and oxygen atoms in total. The van der Waals surface area contributed by atoms with E-state index in [4.69, 9.17) is 0 Å². The molecule has 0 radical (unpaired) electrons. The number of amides is 1. The number of piperidine rings is 1. The Bertz CT molecular complexity index is 809. The van der Waals surface area contributed by atoms with E-state index in [1.165, 1.54) is 54.8 Å². The van der Waals surface area contributed by atoms with Gasteiger partial charge >= 0.3 is 0 Å². The van der Waals surface area contributed by atoms with Gasteiger partial charge in [0, 0.05) is 43.0 Å². The lowest BCUT2D eigenvalue weighted by atomic mass is 9.91. The van der Waals surface area contributed by atoms with Gasteiger partial charge in [-0.15, -0.1) is 0 Å². The molecule has 2 fully saturated rings. The molecule has 2 aliphatic rings. The summed E-state index contributed by atoms with van der Waals surface area (Å²) in [5, 5.41) is 2.96. The van der Waals surface area contributed by atoms with Crippen molar-refractivity contribution in [2.75, 3.05) is 31.6 Å². The predicted octanol–water partition coefficient (Wildman–Crippen LogP) is 3.47. The number of carbonyl (C=O) groups is 1. The van der Waals surface area contributed by atoms with Crippen molar-refractivity contribution in [3.63, 3.8) is 0 Å². The number of rotatable bonds is 5. The van der Waals surface area contributed by atoms with Crippen LogP contribution in [0.15, 0.2) is 48.5 Å². The Balaban J connectivity index is 1.39. The minimum Gasteiger partial charge on any atom is -0.368 e. The average Bonchev–Trinajstić information content (AvgIpc) is 2.69. The Labute approximate surface area is 166 Å². The summed E-state index contributed by atoms with van der Waals surface area (Å²) >= 11 is 0. The van der Waals surface area contributed by atoms with E-state index in [0.717, 1.165) is 19.5 Å². The second-order valence-electron chi connectivity index (χ2n) is 7.95. The third kappa shape index (κ3) is 4.04. The molecule has 0 aromatic heterocycles. The third-order valence-corrected chi connectivity index (χ3v) is 6.21. The number of nitrogens with one attached hydrogen (secondary N) is 1. The van der Waals surface area contributed by atoms with Gasteiger partial charge in [-0.25, -0.2) is 4.39 Å². The fourth-order valence-electron chi connectivity index (χ4n) is 4.56. The molecule has 2 heterocycles. The maximum atomic E-state index is 13.0. The molecule has 2 unspecified atom stereocenters. The van der Waals surface area contributed by atoms with Crippen molar-refractivity contribution >= 4 is 11.6 Å². The second-order valence-corrected chi connectivity index (χ2v) is 7.95. The number of anilines is 1. The third-order valence-electron chi connectivity index (χ3n) is 6.21. The normalized spacial score (nSPS) is 22.1. The zero-order valence-electron chi connectivity index (χ0n) is 16.4. The number of hydrogen-bond acceptors (Lipinski definition) is 3. The molecule has 2 aromatic rings. The van der Waals surface area contributed by atoms with Crippen LogP contribution in [0.5, 0.6) is 0 Å². The van der Waals surface area contributed by atoms with E-state index < -0.39 is 0 Å². The highest BCUT2D eigenvalue weighted by atomic mass is 19.1. The van der Waals surface area contributed by atoms with Crippen molar-refractivity contribution in [2.45, 2.75) is 37.8 Å². The summed E-state index contributed by atoms with van der Waals surface area (Å²) < 4.78 is 13.0. The van der Waals surface area contributed by atoms with Gasteiger partial charge in [-0.1, -0.05) is 24.6 Å². The maximum absolute atomic E-state index is 13.0. The number of fused-ring (bicyclic) bond motifs is 2. The standard InChI is InChI=1S/C23H28FN3O/c1-26-20-6-4-7-21(26)16-27(15-20)22-8-3-2-5-17(22)13-14-25-23(28)18-9-11-19(24)12-10-18/h2-3,5,8-12,20-21H,4,6-7,13-16H2,1H3,(H,25,28). The summed E-state index contributed by atoms with van der Waals surface area (Å²) in [7, 11) is 2.27. The molecular weight excluding hydrogens is 353 g/mol. The lowest BCUT2D eigenvalue weighted by Crippen LogP contribution is -2.59. The van der Waals surface area contributed by atoms with E-state index in [0.29, 0.717) is 24.2 Å². The first-order chi connectivity index (χ1) is 13.6. The molecular formula is C23H28FN3O. The van der Waals surface area contributed by atoms with Crippen molar-refractivity contribution in [2.24, 2.45) is 0 Å². The van der Waals surface area contributed by atoms with Gasteiger partial charge in [0.25, 0.3) is 5.91 Å². The number of hydrogen-bond donors (Lipinski definition) is 1. The van der Waals surface area contributed by atoms with Gasteiger partial charge in [0.15, 0.2) is 0 Å². The maximum Gasteiger partial charge on any atom is 0.251 e. The molecule has 5 heteroatoms. The smallest absolute Gasteiger partial charge is 0.251 e. The van der Waals surface area contributed by atoms with Crippen LogP contribution in [0.25, 0.3) is 0 Å². The van der Waals surface area contributed by atoms with Gasteiger partial charge in [-0.05, 0) is 62.2 Å². The van der Waals surface area contributed by atoms with Crippen molar-refractivity contribution < 1.29 is 9.18 Å². The summed E-state index contributed by atoms with van der Waals surface area (Å²) in [6.07, 6.45) is 4.67. The molecule has 2 bridgehead atoms. The SMILES string of the molecule is CN1C2CCCC1CN(c1ccccc1CCNC(=O)c1ccc(F)cc1)C2. The van der Waals surface area contributed by atoms with Crippen LogP contribution < -0.4 is 10.2 Å². The Morgan fingerprint density at radius 3 is 2.46 bits per heavy atom. The molecule has 2 atom stereocenters. The molecule has 4 rings (SSSR count). The zero-order chi connectivity index (χ0) is 19.5. The number of nitrogens with zero attached hydrogens (tertiary/aromatic N) is 2. The van der Waals surface area contributed by atoms with Gasteiger partial charge in [-0.3, -0.25) is 9.69 Å². The molecule has 1 N–H and O–H groups in total. The molecule has 148 valence electrons. The Morgan fingerprint density at radius 2 is 1.75 bits per heavy atom. The first-order valence-electron chi connectivity index (χ1n) is 10.2. The van der Waals surface area contributed by atoms with E-state index in [1.54, 1.807) is 0 Å². The molecule has 2 aromatic carbocycles. The summed E-state index contributed by atoms with van der Waals surface area (Å²) in [5.74, 6) is -0.492. The molecule has 0 saturated carbocycles. The lowest BCUT2D eigenvalue weighted by Gasteiger charge is -2.49. The van der Waals surface area contributed by atoms with E-state index >= 15 is 0 Å². The second kappa shape index (κ2) is 8.31. The summed E-state index contributed by atoms with van der Waals surface area (Å²) in [6, 6.07) is 15.5. The minimum absolute atomic E-state index is 0.161. The topological polar surface area (TPSA) is 35.6 Å². The highest BCUT2D eigenvalue weighted by Gasteiger charge is 2.35. The highest BCUT2D eigenvalue weighted by Crippen LogP contribution is 2.31. The largest absolute Gasteiger partial charge is 0.368 e. The number of halogens is 1. The van der Waals surface area contributed by atoms with E-state index in [1.807, 2.05) is 0 Å². The van der Waals surface area contributed by atoms with Crippen LogP contribution in [-0.2, 0) is 6.42 Å². The van der Waals surface area contributed by atoms with Crippen molar-refractivity contribution in [3.05, 3.63) is 65.5 Å². The van der Waals surface area contributed by atoms with Crippen molar-refractivity contribution in [1.29, 1.82) is 0 Å². The van der Waals surface area contributed by atoms with E-state index in [2.05, 4.69) is 46.4 Å². The Kier molecular flexibility index (Phi) is 5.62. The van der Waals surface area contributed by atoms with Crippen molar-refractivity contribution in [1.82, 2.24) is 10.2 Å². The number of benzene rings is 2. The van der Waals surface area contributed by atoms with Gasteiger partial charge in [0.1, 0.15) is 5.82 Å². The van der Waals surface area contributed by atoms with E-state index in [9.17, 15) is 9.18 Å². The van der Waals surface area contributed by atoms with Crippen LogP contribution in [0, 0.1) is 5.82 Å². The summed E-state index contributed by atoms with van der Waals surface area (Å²) in [4.78, 5) is 17.3. The minimum atomic E-state index is -0.331. The number of piperazine rings is 1. The quantitative estimate of drug-likeness (QED) is 0.861. The first kappa shape index (κ1) is 18.9. The molecule has 2 aliphatic heterocycles. The summed E-state index contributed by atoms with van der Waals surface area (Å²) in [6.45, 7) is 2.71. The lowest BCUT2D eigenvalue weighted by molar-refractivity contribution is 0.0949. The van der Waals surface area contributed by atoms with Crippen LogP contribution in [0.2, 0.25) is 0 Å². The monoisotopic (exact) mass is 381 g/mol. The van der Waals surface area contributed by atoms with Crippen LogP contribution in [0.3, 0.4) is 0 Å². The van der Waals surface area contributed by atoms with Crippen LogP contribution in [0.1, 0.15) is 35.2 Å². The number of likely N-dealkylation sites (N-methyl/N-ethyl adjacent to an activating group) is 1. The first-order valence-corrected chi connectivity index (χ1v) is 10.2. The Morgan fingerprint density at radius 1 is 1.07 bits per heavy atom. The van der Waals surface area contributed by atoms with E-state index in [-0.39, 0.29) is 11.7 Å². The zero-order valence-corrected chi connectivity index (χ0v) is 16.4. The van der Waals surface area contributed by atoms with Crippen LogP contribution in [0.4, 0.5) is 10.1 Å².